The van der Waals surface area contributed by atoms with E-state index < -0.39 is 11.7 Å². The van der Waals surface area contributed by atoms with Gasteiger partial charge in [0.05, 0.1) is 0 Å². The Balaban J connectivity index is 1.82. The van der Waals surface area contributed by atoms with Gasteiger partial charge in [-0.2, -0.15) is 0 Å². The van der Waals surface area contributed by atoms with Gasteiger partial charge in [0.1, 0.15) is 22.5 Å². The van der Waals surface area contributed by atoms with E-state index in [0.29, 0.717) is 0 Å². The summed E-state index contributed by atoms with van der Waals surface area (Å²) < 4.78 is 18.7. The molecule has 2 aromatic heterocycles. The van der Waals surface area contributed by atoms with Crippen molar-refractivity contribution in [3.8, 4) is 11.3 Å². The summed E-state index contributed by atoms with van der Waals surface area (Å²) in [6.45, 7) is 0. The Morgan fingerprint density at radius 1 is 1.26 bits per heavy atom. The van der Waals surface area contributed by atoms with Crippen molar-refractivity contribution in [2.45, 2.75) is 0 Å². The van der Waals surface area contributed by atoms with Crippen LogP contribution in [0.25, 0.3) is 11.3 Å². The quantitative estimate of drug-likeness (QED) is 0.717. The van der Waals surface area contributed by atoms with E-state index in [-0.39, 0.29) is 33.7 Å². The summed E-state index contributed by atoms with van der Waals surface area (Å²) >= 11 is 5.75. The Kier molecular flexibility index (Phi) is 3.94. The van der Waals surface area contributed by atoms with Crippen LogP contribution in [0, 0.1) is 5.82 Å². The minimum Gasteiger partial charge on any atom is -0.384 e. The highest BCUT2D eigenvalue weighted by Crippen LogP contribution is 2.24. The monoisotopic (exact) mass is 332 g/mol. The van der Waals surface area contributed by atoms with Gasteiger partial charge in [-0.1, -0.05) is 28.9 Å². The number of carbonyl (C=O) groups is 1. The smallest absolute Gasteiger partial charge is 0.258 e. The molecule has 116 valence electrons. The van der Waals surface area contributed by atoms with Gasteiger partial charge in [-0.05, 0) is 24.3 Å². The molecular formula is C15H10ClFN4O2. The molecule has 3 aromatic rings. The third-order valence-corrected chi connectivity index (χ3v) is 3.17. The SMILES string of the molecule is Nc1cc(C(=O)Nc2cc(-c3ccccc3F)no2)cc(Cl)n1. The van der Waals surface area contributed by atoms with E-state index in [4.69, 9.17) is 21.9 Å². The van der Waals surface area contributed by atoms with Crippen LogP contribution in [-0.2, 0) is 0 Å². The topological polar surface area (TPSA) is 94.0 Å². The number of rotatable bonds is 3. The Morgan fingerprint density at radius 2 is 2.04 bits per heavy atom. The number of pyridine rings is 1. The zero-order valence-corrected chi connectivity index (χ0v) is 12.3. The van der Waals surface area contributed by atoms with Crippen molar-refractivity contribution in [3.63, 3.8) is 0 Å². The molecule has 0 aliphatic heterocycles. The molecular weight excluding hydrogens is 323 g/mol. The Bertz CT molecular complexity index is 861. The zero-order chi connectivity index (χ0) is 16.4. The zero-order valence-electron chi connectivity index (χ0n) is 11.6. The third-order valence-electron chi connectivity index (χ3n) is 2.97. The predicted octanol–water partition coefficient (Wildman–Crippen LogP) is 3.36. The molecule has 0 saturated carbocycles. The van der Waals surface area contributed by atoms with E-state index in [0.717, 1.165) is 0 Å². The van der Waals surface area contributed by atoms with Crippen LogP contribution in [0.5, 0.6) is 0 Å². The van der Waals surface area contributed by atoms with Crippen molar-refractivity contribution in [2.24, 2.45) is 0 Å². The summed E-state index contributed by atoms with van der Waals surface area (Å²) in [6, 6.07) is 10.3. The first kappa shape index (κ1) is 15.0. The summed E-state index contributed by atoms with van der Waals surface area (Å²) in [5.41, 5.74) is 6.29. The lowest BCUT2D eigenvalue weighted by molar-refractivity contribution is 0.102. The van der Waals surface area contributed by atoms with Crippen LogP contribution in [0.2, 0.25) is 5.15 Å². The number of nitrogens with two attached hydrogens (primary N) is 1. The summed E-state index contributed by atoms with van der Waals surface area (Å²) in [6.07, 6.45) is 0. The molecule has 0 spiro atoms. The van der Waals surface area contributed by atoms with Gasteiger partial charge in [0.15, 0.2) is 0 Å². The van der Waals surface area contributed by atoms with Crippen molar-refractivity contribution in [2.75, 3.05) is 11.1 Å². The number of benzene rings is 1. The van der Waals surface area contributed by atoms with E-state index in [1.807, 2.05) is 0 Å². The highest BCUT2D eigenvalue weighted by Gasteiger charge is 2.14. The molecule has 0 aliphatic carbocycles. The van der Waals surface area contributed by atoms with Crippen LogP contribution < -0.4 is 11.1 Å². The van der Waals surface area contributed by atoms with Gasteiger partial charge in [0.25, 0.3) is 5.91 Å². The average Bonchev–Trinajstić information content (AvgIpc) is 2.95. The predicted molar refractivity (Wildman–Crippen MR) is 83.5 cm³/mol. The van der Waals surface area contributed by atoms with E-state index in [2.05, 4.69) is 15.5 Å². The normalized spacial score (nSPS) is 10.5. The molecule has 0 fully saturated rings. The van der Waals surface area contributed by atoms with Crippen LogP contribution >= 0.6 is 11.6 Å². The first-order chi connectivity index (χ1) is 11.0. The summed E-state index contributed by atoms with van der Waals surface area (Å²) in [4.78, 5) is 15.9. The van der Waals surface area contributed by atoms with Gasteiger partial charge in [0, 0.05) is 17.2 Å². The molecule has 23 heavy (non-hydrogen) atoms. The Labute approximate surface area is 135 Å². The minimum absolute atomic E-state index is 0.0692. The standard InChI is InChI=1S/C15H10ClFN4O2/c16-12-5-8(6-13(18)19-12)15(22)20-14-7-11(21-23-14)9-3-1-2-4-10(9)17/h1-7H,(H2,18,19)(H,20,22). The van der Waals surface area contributed by atoms with E-state index in [1.165, 1.54) is 24.3 Å². The van der Waals surface area contributed by atoms with Crippen LogP contribution in [-0.4, -0.2) is 16.0 Å². The fourth-order valence-corrected chi connectivity index (χ4v) is 2.18. The van der Waals surface area contributed by atoms with Crippen molar-refractivity contribution in [3.05, 3.63) is 59.0 Å². The second-order valence-corrected chi connectivity index (χ2v) is 5.00. The number of carbonyl (C=O) groups excluding carboxylic acids is 1. The van der Waals surface area contributed by atoms with Gasteiger partial charge in [-0.25, -0.2) is 9.37 Å². The molecule has 0 unspecified atom stereocenters. The van der Waals surface area contributed by atoms with Crippen LogP contribution in [0.1, 0.15) is 10.4 Å². The molecule has 0 radical (unpaired) electrons. The molecule has 3 rings (SSSR count). The van der Waals surface area contributed by atoms with Crippen LogP contribution in [0.15, 0.2) is 47.0 Å². The molecule has 0 atom stereocenters. The maximum Gasteiger partial charge on any atom is 0.258 e. The van der Waals surface area contributed by atoms with E-state index in [1.54, 1.807) is 18.2 Å². The molecule has 3 N–H and O–H groups in total. The average molecular weight is 333 g/mol. The number of nitrogen functional groups attached to an aromatic ring is 1. The molecule has 2 heterocycles. The number of hydrogen-bond acceptors (Lipinski definition) is 5. The van der Waals surface area contributed by atoms with Gasteiger partial charge in [0.2, 0.25) is 5.88 Å². The number of halogens is 2. The lowest BCUT2D eigenvalue weighted by Gasteiger charge is -2.02. The highest BCUT2D eigenvalue weighted by molar-refractivity contribution is 6.30. The number of nitrogens with one attached hydrogen (secondary N) is 1. The highest BCUT2D eigenvalue weighted by atomic mass is 35.5. The first-order valence-electron chi connectivity index (χ1n) is 6.49. The molecule has 1 aromatic carbocycles. The van der Waals surface area contributed by atoms with Crippen molar-refractivity contribution in [1.29, 1.82) is 0 Å². The molecule has 6 nitrogen and oxygen atoms in total. The second-order valence-electron chi connectivity index (χ2n) is 4.61. The molecule has 1 amide bonds. The van der Waals surface area contributed by atoms with Gasteiger partial charge in [-0.15, -0.1) is 0 Å². The lowest BCUT2D eigenvalue weighted by Crippen LogP contribution is -2.12. The Morgan fingerprint density at radius 3 is 2.78 bits per heavy atom. The lowest BCUT2D eigenvalue weighted by atomic mass is 10.1. The van der Waals surface area contributed by atoms with Gasteiger partial charge < -0.3 is 10.3 Å². The maximum atomic E-state index is 13.7. The van der Waals surface area contributed by atoms with Crippen molar-refractivity contribution >= 4 is 29.2 Å². The fourth-order valence-electron chi connectivity index (χ4n) is 1.96. The van der Waals surface area contributed by atoms with Gasteiger partial charge >= 0.3 is 0 Å². The number of amides is 1. The van der Waals surface area contributed by atoms with Crippen LogP contribution in [0.4, 0.5) is 16.1 Å². The number of nitrogens with zero attached hydrogens (tertiary/aromatic N) is 2. The number of hydrogen-bond donors (Lipinski definition) is 2. The largest absolute Gasteiger partial charge is 0.384 e. The fraction of sp³-hybridized carbons (Fsp3) is 0. The van der Waals surface area contributed by atoms with E-state index in [9.17, 15) is 9.18 Å². The summed E-state index contributed by atoms with van der Waals surface area (Å²) in [5.74, 6) is -0.753. The van der Waals surface area contributed by atoms with Crippen molar-refractivity contribution < 1.29 is 13.7 Å². The Hall–Kier alpha value is -2.93. The summed E-state index contributed by atoms with van der Waals surface area (Å²) in [7, 11) is 0. The third kappa shape index (κ3) is 3.29. The minimum atomic E-state index is -0.503. The summed E-state index contributed by atoms with van der Waals surface area (Å²) in [5, 5.41) is 6.32. The second kappa shape index (κ2) is 6.05. The van der Waals surface area contributed by atoms with E-state index >= 15 is 0 Å². The molecule has 0 bridgehead atoms. The molecule has 0 saturated heterocycles. The van der Waals surface area contributed by atoms with Crippen molar-refractivity contribution in [1.82, 2.24) is 10.1 Å². The number of anilines is 2. The maximum absolute atomic E-state index is 13.7. The van der Waals surface area contributed by atoms with Gasteiger partial charge in [-0.3, -0.25) is 10.1 Å². The molecule has 8 heteroatoms. The number of aromatic nitrogens is 2. The van der Waals surface area contributed by atoms with Crippen LogP contribution in [0.3, 0.4) is 0 Å². The first-order valence-corrected chi connectivity index (χ1v) is 6.87. The molecule has 0 aliphatic rings.